The van der Waals surface area contributed by atoms with Crippen LogP contribution in [0.1, 0.15) is 0 Å². The number of rotatable bonds is 5. The number of amides is 1. The van der Waals surface area contributed by atoms with Crippen LogP contribution in [0, 0.1) is 5.82 Å². The number of methoxy groups -OCH3 is 2. The van der Waals surface area contributed by atoms with E-state index in [2.05, 4.69) is 10.6 Å². The Hall–Kier alpha value is -1.53. The van der Waals surface area contributed by atoms with Crippen LogP contribution in [-0.2, 0) is 4.79 Å². The SMILES string of the molecule is CNCC(=O)Nc1cc(F)c(OC)cc1OC.Cl. The minimum absolute atomic E-state index is 0. The Morgan fingerprint density at radius 1 is 1.28 bits per heavy atom. The van der Waals surface area contributed by atoms with E-state index in [1.807, 2.05) is 0 Å². The van der Waals surface area contributed by atoms with Crippen LogP contribution in [0.2, 0.25) is 0 Å². The van der Waals surface area contributed by atoms with E-state index < -0.39 is 5.82 Å². The molecule has 102 valence electrons. The summed E-state index contributed by atoms with van der Waals surface area (Å²) in [7, 11) is 4.43. The largest absolute Gasteiger partial charge is 0.494 e. The molecule has 0 saturated carbocycles. The Morgan fingerprint density at radius 2 is 1.89 bits per heavy atom. The van der Waals surface area contributed by atoms with Crippen LogP contribution in [0.5, 0.6) is 11.5 Å². The third-order valence-corrected chi connectivity index (χ3v) is 2.09. The van der Waals surface area contributed by atoms with Gasteiger partial charge in [0.2, 0.25) is 5.91 Å². The molecule has 1 aromatic rings. The van der Waals surface area contributed by atoms with Gasteiger partial charge >= 0.3 is 0 Å². The predicted octanol–water partition coefficient (Wildman–Crippen LogP) is 1.42. The Bertz CT molecular complexity index is 416. The lowest BCUT2D eigenvalue weighted by atomic mass is 10.2. The molecule has 7 heteroatoms. The summed E-state index contributed by atoms with van der Waals surface area (Å²) in [6.07, 6.45) is 0. The summed E-state index contributed by atoms with van der Waals surface area (Å²) < 4.78 is 23.3. The Kier molecular flexibility index (Phi) is 7.07. The normalized spacial score (nSPS) is 9.33. The molecule has 0 aliphatic rings. The van der Waals surface area contributed by atoms with Gasteiger partial charge in [0.15, 0.2) is 11.6 Å². The second kappa shape index (κ2) is 7.73. The fourth-order valence-electron chi connectivity index (χ4n) is 1.31. The maximum atomic E-state index is 13.5. The number of carbonyl (C=O) groups excluding carboxylic acids is 1. The molecule has 0 aliphatic heterocycles. The highest BCUT2D eigenvalue weighted by atomic mass is 35.5. The van der Waals surface area contributed by atoms with Gasteiger partial charge in [-0.05, 0) is 7.05 Å². The third-order valence-electron chi connectivity index (χ3n) is 2.09. The van der Waals surface area contributed by atoms with Crippen LogP contribution in [0.25, 0.3) is 0 Å². The zero-order chi connectivity index (χ0) is 12.8. The first-order valence-corrected chi connectivity index (χ1v) is 4.98. The second-order valence-corrected chi connectivity index (χ2v) is 3.27. The quantitative estimate of drug-likeness (QED) is 0.855. The van der Waals surface area contributed by atoms with Crippen molar-refractivity contribution in [2.75, 3.05) is 33.1 Å². The molecule has 0 aliphatic carbocycles. The number of likely N-dealkylation sites (N-methyl/N-ethyl adjacent to an activating group) is 1. The molecule has 0 spiro atoms. The molecule has 18 heavy (non-hydrogen) atoms. The van der Waals surface area contributed by atoms with E-state index in [-0.39, 0.29) is 36.3 Å². The van der Waals surface area contributed by atoms with Gasteiger partial charge in [-0.2, -0.15) is 0 Å². The van der Waals surface area contributed by atoms with E-state index in [0.29, 0.717) is 5.75 Å². The van der Waals surface area contributed by atoms with Crippen molar-refractivity contribution in [3.63, 3.8) is 0 Å². The maximum Gasteiger partial charge on any atom is 0.238 e. The predicted molar refractivity (Wildman–Crippen MR) is 69.3 cm³/mol. The third kappa shape index (κ3) is 4.05. The summed E-state index contributed by atoms with van der Waals surface area (Å²) in [6, 6.07) is 2.54. The molecule has 0 atom stereocenters. The number of carbonyl (C=O) groups is 1. The number of anilines is 1. The van der Waals surface area contributed by atoms with Gasteiger partial charge in [0, 0.05) is 12.1 Å². The number of hydrogen-bond acceptors (Lipinski definition) is 4. The van der Waals surface area contributed by atoms with Crippen molar-refractivity contribution >= 4 is 24.0 Å². The first-order valence-electron chi connectivity index (χ1n) is 4.98. The summed E-state index contributed by atoms with van der Waals surface area (Å²) in [5.74, 6) is -0.440. The Balaban J connectivity index is 0.00000289. The molecular weight excluding hydrogens is 263 g/mol. The van der Waals surface area contributed by atoms with Gasteiger partial charge in [0.05, 0.1) is 26.5 Å². The smallest absolute Gasteiger partial charge is 0.238 e. The van der Waals surface area contributed by atoms with Crippen LogP contribution >= 0.6 is 12.4 Å². The van der Waals surface area contributed by atoms with Gasteiger partial charge in [0.25, 0.3) is 0 Å². The van der Waals surface area contributed by atoms with Crippen molar-refractivity contribution in [2.45, 2.75) is 0 Å². The van der Waals surface area contributed by atoms with E-state index in [1.54, 1.807) is 7.05 Å². The molecule has 2 N–H and O–H groups in total. The van der Waals surface area contributed by atoms with Gasteiger partial charge in [-0.25, -0.2) is 4.39 Å². The monoisotopic (exact) mass is 278 g/mol. The minimum Gasteiger partial charge on any atom is -0.494 e. The fraction of sp³-hybridized carbons (Fsp3) is 0.364. The highest BCUT2D eigenvalue weighted by Crippen LogP contribution is 2.31. The summed E-state index contributed by atoms with van der Waals surface area (Å²) in [4.78, 5) is 11.4. The van der Waals surface area contributed by atoms with Crippen LogP contribution in [0.3, 0.4) is 0 Å². The lowest BCUT2D eigenvalue weighted by Gasteiger charge is -2.12. The Labute approximate surface area is 111 Å². The van der Waals surface area contributed by atoms with Crippen molar-refractivity contribution < 1.29 is 18.7 Å². The molecule has 0 radical (unpaired) electrons. The summed E-state index contributed by atoms with van der Waals surface area (Å²) in [5.41, 5.74) is 0.269. The fourth-order valence-corrected chi connectivity index (χ4v) is 1.31. The summed E-state index contributed by atoms with van der Waals surface area (Å²) >= 11 is 0. The summed E-state index contributed by atoms with van der Waals surface area (Å²) in [5, 5.41) is 5.22. The number of benzene rings is 1. The van der Waals surface area contributed by atoms with Gasteiger partial charge in [-0.3, -0.25) is 4.79 Å². The standard InChI is InChI=1S/C11H15FN2O3.ClH/c1-13-6-11(15)14-8-4-7(12)9(16-2)5-10(8)17-3;/h4-5,13H,6H2,1-3H3,(H,14,15);1H. The second-order valence-electron chi connectivity index (χ2n) is 3.27. The van der Waals surface area contributed by atoms with Gasteiger partial charge in [-0.1, -0.05) is 0 Å². The van der Waals surface area contributed by atoms with Gasteiger partial charge in [0.1, 0.15) is 5.75 Å². The topological polar surface area (TPSA) is 59.6 Å². The molecule has 0 fully saturated rings. The van der Waals surface area contributed by atoms with E-state index in [4.69, 9.17) is 9.47 Å². The number of nitrogens with one attached hydrogen (secondary N) is 2. The highest BCUT2D eigenvalue weighted by molar-refractivity contribution is 5.93. The lowest BCUT2D eigenvalue weighted by molar-refractivity contribution is -0.115. The van der Waals surface area contributed by atoms with E-state index >= 15 is 0 Å². The average Bonchev–Trinajstić information content (AvgIpc) is 2.29. The average molecular weight is 279 g/mol. The zero-order valence-electron chi connectivity index (χ0n) is 10.4. The molecule has 0 unspecified atom stereocenters. The van der Waals surface area contributed by atoms with Crippen molar-refractivity contribution in [3.05, 3.63) is 17.9 Å². The molecule has 1 amide bonds. The molecular formula is C11H16ClFN2O3. The zero-order valence-corrected chi connectivity index (χ0v) is 11.2. The van der Waals surface area contributed by atoms with Crippen LogP contribution in [0.15, 0.2) is 12.1 Å². The molecule has 1 rings (SSSR count). The van der Waals surface area contributed by atoms with Crippen molar-refractivity contribution in [1.82, 2.24) is 5.32 Å². The highest BCUT2D eigenvalue weighted by Gasteiger charge is 2.12. The molecule has 0 saturated heterocycles. The van der Waals surface area contributed by atoms with E-state index in [0.717, 1.165) is 6.07 Å². The Morgan fingerprint density at radius 3 is 2.39 bits per heavy atom. The molecule has 0 aromatic heterocycles. The first kappa shape index (κ1) is 16.5. The van der Waals surface area contributed by atoms with E-state index in [1.165, 1.54) is 20.3 Å². The number of halogens is 2. The van der Waals surface area contributed by atoms with Crippen LogP contribution in [-0.4, -0.2) is 33.7 Å². The number of ether oxygens (including phenoxy) is 2. The van der Waals surface area contributed by atoms with Crippen molar-refractivity contribution in [1.29, 1.82) is 0 Å². The van der Waals surface area contributed by atoms with Gasteiger partial charge in [-0.15, -0.1) is 12.4 Å². The maximum absolute atomic E-state index is 13.5. The minimum atomic E-state index is -0.562. The van der Waals surface area contributed by atoms with Gasteiger partial charge < -0.3 is 20.1 Å². The van der Waals surface area contributed by atoms with Crippen molar-refractivity contribution in [3.8, 4) is 11.5 Å². The first-order chi connectivity index (χ1) is 8.12. The van der Waals surface area contributed by atoms with Crippen LogP contribution < -0.4 is 20.1 Å². The van der Waals surface area contributed by atoms with E-state index in [9.17, 15) is 9.18 Å². The van der Waals surface area contributed by atoms with Crippen LogP contribution in [0.4, 0.5) is 10.1 Å². The summed E-state index contributed by atoms with van der Waals surface area (Å²) in [6.45, 7) is 0.136. The molecule has 1 aromatic carbocycles. The molecule has 0 bridgehead atoms. The number of hydrogen-bond donors (Lipinski definition) is 2. The van der Waals surface area contributed by atoms with Crippen molar-refractivity contribution in [2.24, 2.45) is 0 Å². The molecule has 5 nitrogen and oxygen atoms in total. The molecule has 0 heterocycles. The lowest BCUT2D eigenvalue weighted by Crippen LogP contribution is -2.25.